The molecule has 0 aromatic heterocycles. The molecule has 0 atom stereocenters. The van der Waals surface area contributed by atoms with Gasteiger partial charge in [0.1, 0.15) is 0 Å². The van der Waals surface area contributed by atoms with E-state index in [1.54, 1.807) is 0 Å². The summed E-state index contributed by atoms with van der Waals surface area (Å²) in [6.07, 6.45) is 5.19. The van der Waals surface area contributed by atoms with Crippen molar-refractivity contribution in [3.8, 4) is 0 Å². The van der Waals surface area contributed by atoms with Crippen LogP contribution in [0.2, 0.25) is 0 Å². The first-order chi connectivity index (χ1) is 6.62. The minimum Gasteiger partial charge on any atom is -0.330 e. The molecule has 0 aromatic carbocycles. The molecule has 0 radical (unpaired) electrons. The van der Waals surface area contributed by atoms with Gasteiger partial charge in [0.05, 0.1) is 27.2 Å². The van der Waals surface area contributed by atoms with E-state index in [4.69, 9.17) is 5.73 Å². The Morgan fingerprint density at radius 1 is 0.929 bits per heavy atom. The molecular weight excluding hydrogens is 172 g/mol. The molecule has 88 valence electrons. The van der Waals surface area contributed by atoms with Gasteiger partial charge in [0.15, 0.2) is 0 Å². The van der Waals surface area contributed by atoms with Crippen LogP contribution in [0.1, 0.15) is 46.5 Å². The van der Waals surface area contributed by atoms with Crippen molar-refractivity contribution in [2.75, 3.05) is 33.7 Å². The number of quaternary nitrogens is 1. The maximum absolute atomic E-state index is 5.48. The molecule has 0 saturated heterocycles. The molecule has 0 bridgehead atoms. The second-order valence-electron chi connectivity index (χ2n) is 4.23. The molecule has 0 aliphatic rings. The molecule has 0 fully saturated rings. The predicted molar refractivity (Wildman–Crippen MR) is 66.4 cm³/mol. The minimum atomic E-state index is 0.829. The van der Waals surface area contributed by atoms with Crippen molar-refractivity contribution < 1.29 is 4.48 Å². The van der Waals surface area contributed by atoms with E-state index in [0.717, 1.165) is 17.4 Å². The third kappa shape index (κ3) is 11.9. The summed E-state index contributed by atoms with van der Waals surface area (Å²) in [5.74, 6) is 0. The molecule has 14 heavy (non-hydrogen) atoms. The van der Waals surface area contributed by atoms with Gasteiger partial charge in [-0.15, -0.1) is 0 Å². The molecule has 0 spiro atoms. The summed E-state index contributed by atoms with van der Waals surface area (Å²) in [5, 5.41) is 0. The smallest absolute Gasteiger partial charge is 0.0794 e. The lowest BCUT2D eigenvalue weighted by atomic mass is 10.2. The molecule has 0 heterocycles. The van der Waals surface area contributed by atoms with Crippen molar-refractivity contribution in [3.63, 3.8) is 0 Å². The maximum Gasteiger partial charge on any atom is 0.0794 e. The topological polar surface area (TPSA) is 26.0 Å². The van der Waals surface area contributed by atoms with Crippen LogP contribution in [0.4, 0.5) is 0 Å². The predicted octanol–water partition coefficient (Wildman–Crippen LogP) is 2.63. The van der Waals surface area contributed by atoms with Crippen molar-refractivity contribution in [3.05, 3.63) is 0 Å². The van der Waals surface area contributed by atoms with E-state index in [1.807, 2.05) is 13.8 Å². The van der Waals surface area contributed by atoms with Crippen LogP contribution in [0.15, 0.2) is 0 Å². The van der Waals surface area contributed by atoms with Crippen molar-refractivity contribution in [1.82, 2.24) is 0 Å². The fourth-order valence-corrected chi connectivity index (χ4v) is 1.42. The molecule has 0 unspecified atom stereocenters. The fraction of sp³-hybridized carbons (Fsp3) is 1.00. The number of nitrogens with two attached hydrogens (primary N) is 1. The van der Waals surface area contributed by atoms with Crippen LogP contribution in [0.5, 0.6) is 0 Å². The molecular formula is C12H31N2+. The molecule has 0 saturated carbocycles. The molecule has 0 aliphatic heterocycles. The van der Waals surface area contributed by atoms with Gasteiger partial charge >= 0.3 is 0 Å². The van der Waals surface area contributed by atoms with Gasteiger partial charge in [-0.3, -0.25) is 0 Å². The standard InChI is InChI=1S/C10H25N2.C2H6/c1-4-5-6-9-12(2,3)10-7-8-11;1-2/h4-11H2,1-3H3;1-2H3/q+1;. The number of nitrogens with zero attached hydrogens (tertiary/aromatic N) is 1. The van der Waals surface area contributed by atoms with Crippen LogP contribution in [0.25, 0.3) is 0 Å². The summed E-state index contributed by atoms with van der Waals surface area (Å²) in [6.45, 7) is 9.60. The van der Waals surface area contributed by atoms with Gasteiger partial charge in [0.25, 0.3) is 0 Å². The van der Waals surface area contributed by atoms with Crippen LogP contribution in [-0.4, -0.2) is 38.2 Å². The number of unbranched alkanes of at least 4 members (excludes halogenated alkanes) is 2. The Morgan fingerprint density at radius 3 is 1.86 bits per heavy atom. The highest BCUT2D eigenvalue weighted by atomic mass is 15.3. The molecule has 0 aliphatic carbocycles. The van der Waals surface area contributed by atoms with Crippen LogP contribution < -0.4 is 5.73 Å². The zero-order chi connectivity index (χ0) is 11.4. The summed E-state index contributed by atoms with van der Waals surface area (Å²) < 4.78 is 1.14. The van der Waals surface area contributed by atoms with Gasteiger partial charge in [0.2, 0.25) is 0 Å². The Bertz CT molecular complexity index is 100. The van der Waals surface area contributed by atoms with Gasteiger partial charge in [-0.25, -0.2) is 0 Å². The lowest BCUT2D eigenvalue weighted by Crippen LogP contribution is -2.41. The van der Waals surface area contributed by atoms with Crippen molar-refractivity contribution in [2.24, 2.45) is 5.73 Å². The summed E-state index contributed by atoms with van der Waals surface area (Å²) in [4.78, 5) is 0. The van der Waals surface area contributed by atoms with Gasteiger partial charge in [0, 0.05) is 6.42 Å². The van der Waals surface area contributed by atoms with Crippen LogP contribution in [0, 0.1) is 0 Å². The maximum atomic E-state index is 5.48. The van der Waals surface area contributed by atoms with E-state index in [0.29, 0.717) is 0 Å². The van der Waals surface area contributed by atoms with Crippen LogP contribution in [0.3, 0.4) is 0 Å². The molecule has 0 rings (SSSR count). The Kier molecular flexibility index (Phi) is 12.8. The van der Waals surface area contributed by atoms with Crippen molar-refractivity contribution in [1.29, 1.82) is 0 Å². The molecule has 2 heteroatoms. The number of rotatable bonds is 7. The first kappa shape index (κ1) is 16.4. The molecule has 2 nitrogen and oxygen atoms in total. The minimum absolute atomic E-state index is 0.829. The van der Waals surface area contributed by atoms with E-state index >= 15 is 0 Å². The normalized spacial score (nSPS) is 10.7. The third-order valence-electron chi connectivity index (χ3n) is 2.33. The highest BCUT2D eigenvalue weighted by molar-refractivity contribution is 4.41. The van der Waals surface area contributed by atoms with Crippen LogP contribution in [-0.2, 0) is 0 Å². The average molecular weight is 203 g/mol. The highest BCUT2D eigenvalue weighted by Gasteiger charge is 2.12. The van der Waals surface area contributed by atoms with E-state index in [2.05, 4.69) is 21.0 Å². The zero-order valence-corrected chi connectivity index (χ0v) is 11.0. The monoisotopic (exact) mass is 203 g/mol. The first-order valence-corrected chi connectivity index (χ1v) is 6.14. The van der Waals surface area contributed by atoms with E-state index < -0.39 is 0 Å². The second-order valence-corrected chi connectivity index (χ2v) is 4.23. The summed E-state index contributed by atoms with van der Waals surface area (Å²) in [7, 11) is 4.59. The van der Waals surface area contributed by atoms with Crippen molar-refractivity contribution in [2.45, 2.75) is 46.5 Å². The Hall–Kier alpha value is -0.0800. The van der Waals surface area contributed by atoms with Gasteiger partial charge in [-0.2, -0.15) is 0 Å². The lowest BCUT2D eigenvalue weighted by Gasteiger charge is -2.29. The Balaban J connectivity index is 0. The zero-order valence-electron chi connectivity index (χ0n) is 11.0. The van der Waals surface area contributed by atoms with E-state index in [-0.39, 0.29) is 0 Å². The Labute approximate surface area is 91.1 Å². The molecule has 0 amide bonds. The molecule has 2 N–H and O–H groups in total. The van der Waals surface area contributed by atoms with Gasteiger partial charge in [-0.1, -0.05) is 27.2 Å². The van der Waals surface area contributed by atoms with Crippen LogP contribution >= 0.6 is 0 Å². The average Bonchev–Trinajstić information content (AvgIpc) is 2.18. The van der Waals surface area contributed by atoms with E-state index in [9.17, 15) is 0 Å². The first-order valence-electron chi connectivity index (χ1n) is 6.14. The van der Waals surface area contributed by atoms with Crippen molar-refractivity contribution >= 4 is 0 Å². The number of hydrogen-bond donors (Lipinski definition) is 1. The third-order valence-corrected chi connectivity index (χ3v) is 2.33. The SMILES string of the molecule is CC.CCCCC[N+](C)(C)CCCN. The fourth-order valence-electron chi connectivity index (χ4n) is 1.42. The quantitative estimate of drug-likeness (QED) is 0.499. The largest absolute Gasteiger partial charge is 0.330 e. The number of hydrogen-bond acceptors (Lipinski definition) is 1. The second kappa shape index (κ2) is 11.0. The summed E-state index contributed by atoms with van der Waals surface area (Å²) >= 11 is 0. The molecule has 0 aromatic rings. The van der Waals surface area contributed by atoms with E-state index in [1.165, 1.54) is 32.4 Å². The van der Waals surface area contributed by atoms with Gasteiger partial charge in [-0.05, 0) is 19.4 Å². The lowest BCUT2D eigenvalue weighted by molar-refractivity contribution is -0.890. The summed E-state index contributed by atoms with van der Waals surface area (Å²) in [5.41, 5.74) is 5.48. The summed E-state index contributed by atoms with van der Waals surface area (Å²) in [6, 6.07) is 0. The highest BCUT2D eigenvalue weighted by Crippen LogP contribution is 2.04. The Morgan fingerprint density at radius 2 is 1.43 bits per heavy atom. The van der Waals surface area contributed by atoms with Gasteiger partial charge < -0.3 is 10.2 Å².